The summed E-state index contributed by atoms with van der Waals surface area (Å²) < 4.78 is 25.8. The van der Waals surface area contributed by atoms with Gasteiger partial charge in [-0.05, 0) is 6.08 Å². The van der Waals surface area contributed by atoms with E-state index in [-0.39, 0.29) is 5.88 Å². The minimum atomic E-state index is -3.08. The van der Waals surface area contributed by atoms with Crippen LogP contribution in [0.5, 0.6) is 0 Å². The lowest BCUT2D eigenvalue weighted by molar-refractivity contribution is -0.126. The summed E-state index contributed by atoms with van der Waals surface area (Å²) in [6.45, 7) is 0. The number of alkyl halides is 3. The van der Waals surface area contributed by atoms with Gasteiger partial charge in [0.1, 0.15) is 5.92 Å². The highest BCUT2D eigenvalue weighted by Gasteiger charge is 2.40. The molecule has 1 rings (SSSR count). The smallest absolute Gasteiger partial charge is 0.279 e. The zero-order valence-electron chi connectivity index (χ0n) is 6.14. The van der Waals surface area contributed by atoms with Gasteiger partial charge in [0.05, 0.1) is 5.88 Å². The first kappa shape index (κ1) is 9.39. The van der Waals surface area contributed by atoms with Crippen molar-refractivity contribution in [3.05, 3.63) is 24.3 Å². The Kier molecular flexibility index (Phi) is 2.62. The molecule has 0 aliphatic heterocycles. The van der Waals surface area contributed by atoms with Crippen molar-refractivity contribution >= 4 is 17.4 Å². The van der Waals surface area contributed by atoms with Crippen LogP contribution in [-0.2, 0) is 4.79 Å². The molecule has 66 valence electrons. The van der Waals surface area contributed by atoms with Crippen molar-refractivity contribution in [1.82, 2.24) is 0 Å². The summed E-state index contributed by atoms with van der Waals surface area (Å²) in [5, 5.41) is 0. The molecule has 0 amide bonds. The Morgan fingerprint density at radius 1 is 1.50 bits per heavy atom. The number of hydrogen-bond donors (Lipinski definition) is 0. The van der Waals surface area contributed by atoms with Crippen molar-refractivity contribution in [2.45, 2.75) is 5.92 Å². The van der Waals surface area contributed by atoms with E-state index in [0.29, 0.717) is 6.08 Å². The molecule has 1 atom stereocenters. The van der Waals surface area contributed by atoms with Crippen LogP contribution >= 0.6 is 11.6 Å². The Hall–Kier alpha value is -0.700. The summed E-state index contributed by atoms with van der Waals surface area (Å²) in [4.78, 5) is 10.9. The van der Waals surface area contributed by atoms with Crippen LogP contribution in [0, 0.1) is 5.92 Å². The fourth-order valence-electron chi connectivity index (χ4n) is 0.996. The van der Waals surface area contributed by atoms with E-state index in [2.05, 4.69) is 0 Å². The molecule has 0 heterocycles. The highest BCUT2D eigenvalue weighted by Crippen LogP contribution is 2.31. The van der Waals surface area contributed by atoms with Crippen LogP contribution in [0.1, 0.15) is 0 Å². The van der Waals surface area contributed by atoms with Crippen molar-refractivity contribution < 1.29 is 13.6 Å². The molecule has 12 heavy (non-hydrogen) atoms. The van der Waals surface area contributed by atoms with Gasteiger partial charge in [-0.15, -0.1) is 11.6 Å². The number of carbonyl (C=O) groups is 1. The maximum atomic E-state index is 12.9. The van der Waals surface area contributed by atoms with E-state index in [0.717, 1.165) is 0 Å². The van der Waals surface area contributed by atoms with Gasteiger partial charge in [0.15, 0.2) is 5.78 Å². The van der Waals surface area contributed by atoms with Gasteiger partial charge < -0.3 is 0 Å². The van der Waals surface area contributed by atoms with Gasteiger partial charge in [-0.25, -0.2) is 8.78 Å². The third-order valence-electron chi connectivity index (χ3n) is 1.63. The van der Waals surface area contributed by atoms with E-state index >= 15 is 0 Å². The predicted molar refractivity (Wildman–Crippen MR) is 42.4 cm³/mol. The Labute approximate surface area is 73.7 Å². The average Bonchev–Trinajstić information content (AvgIpc) is 2.02. The second-order valence-electron chi connectivity index (χ2n) is 2.50. The predicted octanol–water partition coefficient (Wildman–Crippen LogP) is 2.17. The number of rotatable bonds is 2. The van der Waals surface area contributed by atoms with Gasteiger partial charge >= 0.3 is 0 Å². The normalized spacial score (nSPS) is 25.8. The van der Waals surface area contributed by atoms with Gasteiger partial charge in [-0.1, -0.05) is 18.2 Å². The molecule has 0 aromatic heterocycles. The van der Waals surface area contributed by atoms with Crippen molar-refractivity contribution in [3.8, 4) is 0 Å². The largest absolute Gasteiger partial charge is 0.297 e. The van der Waals surface area contributed by atoms with E-state index < -0.39 is 17.6 Å². The third-order valence-corrected chi connectivity index (χ3v) is 1.89. The first-order valence-electron chi connectivity index (χ1n) is 3.40. The van der Waals surface area contributed by atoms with Crippen molar-refractivity contribution in [2.75, 3.05) is 5.88 Å². The first-order valence-corrected chi connectivity index (χ1v) is 3.94. The topological polar surface area (TPSA) is 17.1 Å². The summed E-state index contributed by atoms with van der Waals surface area (Å²) in [6, 6.07) is 0. The van der Waals surface area contributed by atoms with Crippen LogP contribution in [-0.4, -0.2) is 17.6 Å². The molecule has 0 spiro atoms. The lowest BCUT2D eigenvalue weighted by atomic mass is 9.93. The fraction of sp³-hybridized carbons (Fsp3) is 0.375. The van der Waals surface area contributed by atoms with Crippen molar-refractivity contribution in [1.29, 1.82) is 0 Å². The lowest BCUT2D eigenvalue weighted by Gasteiger charge is -2.21. The summed E-state index contributed by atoms with van der Waals surface area (Å²) >= 11 is 5.17. The van der Waals surface area contributed by atoms with E-state index in [1.165, 1.54) is 18.2 Å². The fourth-order valence-corrected chi connectivity index (χ4v) is 1.16. The molecule has 0 bridgehead atoms. The van der Waals surface area contributed by atoms with Crippen molar-refractivity contribution in [2.24, 2.45) is 5.92 Å². The number of carbonyl (C=O) groups excluding carboxylic acids is 1. The van der Waals surface area contributed by atoms with Crippen LogP contribution in [0.25, 0.3) is 0 Å². The summed E-state index contributed by atoms with van der Waals surface area (Å²) in [6.07, 6.45) is 4.53. The standard InChI is InChI=1S/C8H7ClF2O/c9-5-7(12)6-3-1-2-4-8(6,10)11/h1-4,6H,5H2/t6-/m1/s1. The van der Waals surface area contributed by atoms with Crippen LogP contribution in [0.4, 0.5) is 8.78 Å². The Morgan fingerprint density at radius 2 is 2.17 bits per heavy atom. The highest BCUT2D eigenvalue weighted by atomic mass is 35.5. The Morgan fingerprint density at radius 3 is 2.67 bits per heavy atom. The Bertz CT molecular complexity index is 245. The summed E-state index contributed by atoms with van der Waals surface area (Å²) in [5.41, 5.74) is 0. The second-order valence-corrected chi connectivity index (χ2v) is 2.76. The zero-order chi connectivity index (χ0) is 9.19. The van der Waals surface area contributed by atoms with Gasteiger partial charge in [-0.2, -0.15) is 0 Å². The molecule has 1 aliphatic carbocycles. The van der Waals surface area contributed by atoms with Crippen LogP contribution in [0.2, 0.25) is 0 Å². The first-order chi connectivity index (χ1) is 5.58. The number of allylic oxidation sites excluding steroid dienone is 4. The highest BCUT2D eigenvalue weighted by molar-refractivity contribution is 6.28. The van der Waals surface area contributed by atoms with Crippen LogP contribution in [0.3, 0.4) is 0 Å². The van der Waals surface area contributed by atoms with Crippen molar-refractivity contribution in [3.63, 3.8) is 0 Å². The minimum absolute atomic E-state index is 0.377. The molecule has 0 saturated carbocycles. The summed E-state index contributed by atoms with van der Waals surface area (Å²) in [7, 11) is 0. The molecule has 0 N–H and O–H groups in total. The molecule has 0 saturated heterocycles. The van der Waals surface area contributed by atoms with E-state index in [1.54, 1.807) is 0 Å². The maximum absolute atomic E-state index is 12.9. The number of Topliss-reactive ketones (excluding diaryl/α,β-unsaturated/α-hetero) is 1. The number of hydrogen-bond acceptors (Lipinski definition) is 1. The van der Waals surface area contributed by atoms with Gasteiger partial charge in [0.25, 0.3) is 5.92 Å². The van der Waals surface area contributed by atoms with Gasteiger partial charge in [0, 0.05) is 0 Å². The quantitative estimate of drug-likeness (QED) is 0.613. The molecule has 0 radical (unpaired) electrons. The lowest BCUT2D eigenvalue weighted by Crippen LogP contribution is -2.33. The van der Waals surface area contributed by atoms with E-state index in [9.17, 15) is 13.6 Å². The Balaban J connectivity index is 2.84. The molecule has 1 aliphatic rings. The van der Waals surface area contributed by atoms with E-state index in [1.807, 2.05) is 0 Å². The monoisotopic (exact) mass is 192 g/mol. The molecule has 0 aromatic rings. The zero-order valence-corrected chi connectivity index (χ0v) is 6.89. The average molecular weight is 193 g/mol. The number of ketones is 1. The molecule has 0 unspecified atom stereocenters. The molecular weight excluding hydrogens is 186 g/mol. The molecule has 0 fully saturated rings. The number of halogens is 3. The molecule has 1 nitrogen and oxygen atoms in total. The van der Waals surface area contributed by atoms with Crippen LogP contribution < -0.4 is 0 Å². The van der Waals surface area contributed by atoms with Gasteiger partial charge in [0.2, 0.25) is 0 Å². The maximum Gasteiger partial charge on any atom is 0.279 e. The third kappa shape index (κ3) is 1.72. The molecule has 4 heteroatoms. The van der Waals surface area contributed by atoms with Gasteiger partial charge in [-0.3, -0.25) is 4.79 Å². The SMILES string of the molecule is O=C(CCl)[C@H]1C=CC=CC1(F)F. The van der Waals surface area contributed by atoms with Crippen LogP contribution in [0.15, 0.2) is 24.3 Å². The molecular formula is C8H7ClF2O. The summed E-state index contributed by atoms with van der Waals surface area (Å²) in [5.74, 6) is -5.50. The minimum Gasteiger partial charge on any atom is -0.297 e. The molecule has 0 aromatic carbocycles. The van der Waals surface area contributed by atoms with E-state index in [4.69, 9.17) is 11.6 Å². The second kappa shape index (κ2) is 3.35.